The first-order valence-corrected chi connectivity index (χ1v) is 2.92. The molecule has 1 rings (SSSR count). The van der Waals surface area contributed by atoms with Crippen LogP contribution in [0.15, 0.2) is 11.8 Å². The molecule has 0 aliphatic carbocycles. The highest BCUT2D eigenvalue weighted by atomic mass is 16.3. The van der Waals surface area contributed by atoms with Crippen LogP contribution in [-0.2, 0) is 0 Å². The van der Waals surface area contributed by atoms with Gasteiger partial charge >= 0.3 is 0 Å². The van der Waals surface area contributed by atoms with Gasteiger partial charge in [0, 0.05) is 12.2 Å². The van der Waals surface area contributed by atoms with Gasteiger partial charge in [0.05, 0.1) is 6.10 Å². The summed E-state index contributed by atoms with van der Waals surface area (Å²) in [5, 5.41) is 12.0. The molecule has 1 aliphatic heterocycles. The van der Waals surface area contributed by atoms with Crippen LogP contribution in [0.3, 0.4) is 0 Å². The van der Waals surface area contributed by atoms with Crippen molar-refractivity contribution in [2.24, 2.45) is 0 Å². The highest BCUT2D eigenvalue weighted by Crippen LogP contribution is 2.04. The zero-order valence-corrected chi connectivity index (χ0v) is 5.02. The molecular weight excluding hydrogens is 102 g/mol. The summed E-state index contributed by atoms with van der Waals surface area (Å²) in [6, 6.07) is 0. The fourth-order valence-electron chi connectivity index (χ4n) is 0.835. The third-order valence-corrected chi connectivity index (χ3v) is 1.29. The SMILES string of the molecule is CC(O)C1=CCCN1. The predicted octanol–water partition coefficient (Wildman–Crippen LogP) is 0.244. The van der Waals surface area contributed by atoms with Crippen molar-refractivity contribution in [3.63, 3.8) is 0 Å². The zero-order chi connectivity index (χ0) is 5.98. The van der Waals surface area contributed by atoms with Gasteiger partial charge in [-0.2, -0.15) is 0 Å². The number of nitrogens with one attached hydrogen (secondary N) is 1. The van der Waals surface area contributed by atoms with Crippen LogP contribution < -0.4 is 5.32 Å². The third-order valence-electron chi connectivity index (χ3n) is 1.29. The van der Waals surface area contributed by atoms with Gasteiger partial charge in [-0.25, -0.2) is 0 Å². The molecule has 1 unspecified atom stereocenters. The Balaban J connectivity index is 2.45. The second-order valence-corrected chi connectivity index (χ2v) is 2.05. The monoisotopic (exact) mass is 113 g/mol. The minimum Gasteiger partial charge on any atom is -0.387 e. The van der Waals surface area contributed by atoms with Crippen LogP contribution in [0.2, 0.25) is 0 Å². The van der Waals surface area contributed by atoms with Crippen molar-refractivity contribution in [3.05, 3.63) is 11.8 Å². The molecule has 0 saturated heterocycles. The van der Waals surface area contributed by atoms with E-state index in [9.17, 15) is 0 Å². The van der Waals surface area contributed by atoms with E-state index in [0.717, 1.165) is 18.7 Å². The van der Waals surface area contributed by atoms with Crippen LogP contribution in [0, 0.1) is 0 Å². The maximum atomic E-state index is 8.92. The lowest BCUT2D eigenvalue weighted by Gasteiger charge is -2.04. The normalized spacial score (nSPS) is 22.0. The molecule has 1 atom stereocenters. The van der Waals surface area contributed by atoms with Crippen molar-refractivity contribution in [2.75, 3.05) is 6.54 Å². The van der Waals surface area contributed by atoms with E-state index in [1.807, 2.05) is 6.08 Å². The van der Waals surface area contributed by atoms with E-state index in [4.69, 9.17) is 5.11 Å². The Hall–Kier alpha value is -0.500. The van der Waals surface area contributed by atoms with Gasteiger partial charge in [0.15, 0.2) is 0 Å². The van der Waals surface area contributed by atoms with Crippen LogP contribution in [0.4, 0.5) is 0 Å². The van der Waals surface area contributed by atoms with Gasteiger partial charge in [0.25, 0.3) is 0 Å². The van der Waals surface area contributed by atoms with Crippen LogP contribution in [-0.4, -0.2) is 17.8 Å². The Kier molecular flexibility index (Phi) is 1.53. The van der Waals surface area contributed by atoms with Gasteiger partial charge in [-0.3, -0.25) is 0 Å². The Labute approximate surface area is 49.2 Å². The molecule has 0 aromatic heterocycles. The summed E-state index contributed by atoms with van der Waals surface area (Å²) in [6.07, 6.45) is 2.78. The van der Waals surface area contributed by atoms with Crippen LogP contribution in [0.5, 0.6) is 0 Å². The van der Waals surface area contributed by atoms with E-state index in [2.05, 4.69) is 5.32 Å². The Bertz CT molecular complexity index is 107. The fraction of sp³-hybridized carbons (Fsp3) is 0.667. The first-order chi connectivity index (χ1) is 3.80. The number of aliphatic hydroxyl groups is 1. The first kappa shape index (κ1) is 5.63. The number of hydrogen-bond donors (Lipinski definition) is 2. The van der Waals surface area contributed by atoms with E-state index in [1.165, 1.54) is 0 Å². The summed E-state index contributed by atoms with van der Waals surface area (Å²) in [6.45, 7) is 2.75. The maximum Gasteiger partial charge on any atom is 0.0903 e. The molecule has 0 aromatic rings. The molecule has 0 radical (unpaired) electrons. The molecule has 0 fully saturated rings. The van der Waals surface area contributed by atoms with E-state index >= 15 is 0 Å². The molecule has 2 heteroatoms. The molecule has 2 N–H and O–H groups in total. The molecule has 0 amide bonds. The second kappa shape index (κ2) is 2.18. The summed E-state index contributed by atoms with van der Waals surface area (Å²) in [4.78, 5) is 0. The van der Waals surface area contributed by atoms with Crippen molar-refractivity contribution >= 4 is 0 Å². The molecule has 0 bridgehead atoms. The van der Waals surface area contributed by atoms with Crippen LogP contribution in [0.1, 0.15) is 13.3 Å². The minimum atomic E-state index is -0.308. The Morgan fingerprint density at radius 1 is 1.88 bits per heavy atom. The molecule has 1 aliphatic rings. The maximum absolute atomic E-state index is 8.92. The van der Waals surface area contributed by atoms with Crippen molar-refractivity contribution in [2.45, 2.75) is 19.4 Å². The second-order valence-electron chi connectivity index (χ2n) is 2.05. The molecule has 0 spiro atoms. The number of hydrogen-bond acceptors (Lipinski definition) is 2. The number of rotatable bonds is 1. The average Bonchev–Trinajstić information content (AvgIpc) is 2.12. The van der Waals surface area contributed by atoms with Gasteiger partial charge in [-0.15, -0.1) is 0 Å². The lowest BCUT2D eigenvalue weighted by molar-refractivity contribution is 0.225. The summed E-state index contributed by atoms with van der Waals surface area (Å²) in [5.41, 5.74) is 0.977. The fourth-order valence-corrected chi connectivity index (χ4v) is 0.835. The summed E-state index contributed by atoms with van der Waals surface area (Å²) < 4.78 is 0. The van der Waals surface area contributed by atoms with Gasteiger partial charge < -0.3 is 10.4 Å². The van der Waals surface area contributed by atoms with Crippen LogP contribution >= 0.6 is 0 Å². The molecule has 46 valence electrons. The lowest BCUT2D eigenvalue weighted by atomic mass is 10.3. The quantitative estimate of drug-likeness (QED) is 0.510. The van der Waals surface area contributed by atoms with Crippen molar-refractivity contribution < 1.29 is 5.11 Å². The molecule has 0 aromatic carbocycles. The summed E-state index contributed by atoms with van der Waals surface area (Å²) >= 11 is 0. The Morgan fingerprint density at radius 3 is 2.88 bits per heavy atom. The summed E-state index contributed by atoms with van der Waals surface area (Å²) in [7, 11) is 0. The molecule has 2 nitrogen and oxygen atoms in total. The number of aliphatic hydroxyl groups excluding tert-OH is 1. The lowest BCUT2D eigenvalue weighted by Crippen LogP contribution is -2.17. The van der Waals surface area contributed by atoms with E-state index < -0.39 is 0 Å². The van der Waals surface area contributed by atoms with E-state index in [-0.39, 0.29) is 6.10 Å². The van der Waals surface area contributed by atoms with Crippen molar-refractivity contribution in [3.8, 4) is 0 Å². The largest absolute Gasteiger partial charge is 0.387 e. The minimum absolute atomic E-state index is 0.308. The summed E-state index contributed by atoms with van der Waals surface area (Å²) in [5.74, 6) is 0. The molecule has 8 heavy (non-hydrogen) atoms. The van der Waals surface area contributed by atoms with Crippen molar-refractivity contribution in [1.29, 1.82) is 0 Å². The molecule has 0 saturated carbocycles. The third kappa shape index (κ3) is 1.01. The van der Waals surface area contributed by atoms with Gasteiger partial charge in [0.1, 0.15) is 0 Å². The smallest absolute Gasteiger partial charge is 0.0903 e. The standard InChI is InChI=1S/C6H11NO/c1-5(8)6-3-2-4-7-6/h3,5,7-8H,2,4H2,1H3. The topological polar surface area (TPSA) is 32.3 Å². The van der Waals surface area contributed by atoms with E-state index in [0.29, 0.717) is 0 Å². The van der Waals surface area contributed by atoms with Gasteiger partial charge in [-0.1, -0.05) is 6.08 Å². The highest BCUT2D eigenvalue weighted by molar-refractivity contribution is 5.09. The van der Waals surface area contributed by atoms with E-state index in [1.54, 1.807) is 6.92 Å². The zero-order valence-electron chi connectivity index (χ0n) is 5.02. The molecular formula is C6H11NO. The van der Waals surface area contributed by atoms with Gasteiger partial charge in [-0.05, 0) is 13.3 Å². The predicted molar refractivity (Wildman–Crippen MR) is 32.4 cm³/mol. The average molecular weight is 113 g/mol. The van der Waals surface area contributed by atoms with Crippen molar-refractivity contribution in [1.82, 2.24) is 5.32 Å². The Morgan fingerprint density at radius 2 is 2.62 bits per heavy atom. The highest BCUT2D eigenvalue weighted by Gasteiger charge is 2.06. The van der Waals surface area contributed by atoms with Crippen LogP contribution in [0.25, 0.3) is 0 Å². The first-order valence-electron chi connectivity index (χ1n) is 2.92. The van der Waals surface area contributed by atoms with Gasteiger partial charge in [0.2, 0.25) is 0 Å². The molecule has 1 heterocycles.